The molecule has 0 unspecified atom stereocenters. The second-order valence-electron chi connectivity index (χ2n) is 5.61. The molecule has 1 aliphatic rings. The van der Waals surface area contributed by atoms with Gasteiger partial charge in [-0.2, -0.15) is 11.3 Å². The van der Waals surface area contributed by atoms with Crippen molar-refractivity contribution in [3.05, 3.63) is 51.7 Å². The van der Waals surface area contributed by atoms with E-state index in [1.165, 1.54) is 11.3 Å². The van der Waals surface area contributed by atoms with Gasteiger partial charge in [0, 0.05) is 16.8 Å². The van der Waals surface area contributed by atoms with Crippen LogP contribution in [0.3, 0.4) is 0 Å². The van der Waals surface area contributed by atoms with Gasteiger partial charge >= 0.3 is 0 Å². The summed E-state index contributed by atoms with van der Waals surface area (Å²) >= 11 is 3.10. The van der Waals surface area contributed by atoms with Crippen LogP contribution in [-0.4, -0.2) is 34.4 Å². The van der Waals surface area contributed by atoms with Gasteiger partial charge in [-0.3, -0.25) is 9.59 Å². The molecule has 0 radical (unpaired) electrons. The zero-order chi connectivity index (χ0) is 16.4. The monoisotopic (exact) mass is 346 g/mol. The van der Waals surface area contributed by atoms with Gasteiger partial charge in [0.2, 0.25) is 5.91 Å². The van der Waals surface area contributed by atoms with Crippen LogP contribution < -0.4 is 5.32 Å². The van der Waals surface area contributed by atoms with Crippen molar-refractivity contribution < 1.29 is 9.59 Å². The summed E-state index contributed by atoms with van der Waals surface area (Å²) < 4.78 is 0. The van der Waals surface area contributed by atoms with Crippen molar-refractivity contribution in [3.8, 4) is 0 Å². The van der Waals surface area contributed by atoms with Crippen molar-refractivity contribution >= 4 is 40.6 Å². The van der Waals surface area contributed by atoms with Gasteiger partial charge in [0.05, 0.1) is 11.4 Å². The van der Waals surface area contributed by atoms with Crippen LogP contribution in [0.2, 0.25) is 0 Å². The smallest absolute Gasteiger partial charge is 0.256 e. The molecule has 0 spiro atoms. The number of rotatable bonds is 3. The molecular formula is C17H18N2O2S2. The van der Waals surface area contributed by atoms with E-state index in [2.05, 4.69) is 5.32 Å². The second kappa shape index (κ2) is 6.76. The van der Waals surface area contributed by atoms with E-state index in [1.54, 1.807) is 22.7 Å². The molecule has 2 heterocycles. The first-order valence-electron chi connectivity index (χ1n) is 7.35. The lowest BCUT2D eigenvalue weighted by molar-refractivity contribution is -0.119. The van der Waals surface area contributed by atoms with Crippen LogP contribution in [-0.2, 0) is 4.79 Å². The Morgan fingerprint density at radius 3 is 2.78 bits per heavy atom. The standard InChI is InChI=1S/C17H18N2O2S2/c1-11-3-4-14(12(2)7-11)18-16(20)15-9-23-10-19(15)17(21)13-5-6-22-8-13/h3-8,15H,9-10H2,1-2H3,(H,18,20)/t15-/m0/s1. The number of benzene rings is 1. The first kappa shape index (κ1) is 16.1. The van der Waals surface area contributed by atoms with E-state index < -0.39 is 6.04 Å². The van der Waals surface area contributed by atoms with Gasteiger partial charge in [-0.05, 0) is 36.9 Å². The Hall–Kier alpha value is -1.79. The molecule has 0 aliphatic carbocycles. The second-order valence-corrected chi connectivity index (χ2v) is 7.39. The lowest BCUT2D eigenvalue weighted by Crippen LogP contribution is -2.44. The molecule has 1 saturated heterocycles. The molecule has 6 heteroatoms. The minimum Gasteiger partial charge on any atom is -0.324 e. The quantitative estimate of drug-likeness (QED) is 0.925. The number of amides is 2. The van der Waals surface area contributed by atoms with Crippen LogP contribution in [0, 0.1) is 13.8 Å². The van der Waals surface area contributed by atoms with Crippen LogP contribution in [0.15, 0.2) is 35.0 Å². The summed E-state index contributed by atoms with van der Waals surface area (Å²) in [4.78, 5) is 26.8. The van der Waals surface area contributed by atoms with Gasteiger partial charge in [-0.15, -0.1) is 11.8 Å². The predicted molar refractivity (Wildman–Crippen MR) is 96.1 cm³/mol. The van der Waals surface area contributed by atoms with Crippen LogP contribution in [0.25, 0.3) is 0 Å². The number of hydrogen-bond acceptors (Lipinski definition) is 4. The summed E-state index contributed by atoms with van der Waals surface area (Å²) in [7, 11) is 0. The zero-order valence-electron chi connectivity index (χ0n) is 13.0. The van der Waals surface area contributed by atoms with Gasteiger partial charge in [-0.25, -0.2) is 0 Å². The highest BCUT2D eigenvalue weighted by atomic mass is 32.2. The molecule has 120 valence electrons. The van der Waals surface area contributed by atoms with E-state index in [0.717, 1.165) is 16.8 Å². The molecule has 23 heavy (non-hydrogen) atoms. The normalized spacial score (nSPS) is 17.3. The van der Waals surface area contributed by atoms with Crippen molar-refractivity contribution in [1.82, 2.24) is 4.90 Å². The summed E-state index contributed by atoms with van der Waals surface area (Å²) in [6, 6.07) is 7.30. The zero-order valence-corrected chi connectivity index (χ0v) is 14.7. The minimum absolute atomic E-state index is 0.0722. The van der Waals surface area contributed by atoms with Crippen LogP contribution >= 0.6 is 23.1 Å². The third-order valence-electron chi connectivity index (χ3n) is 3.85. The number of nitrogens with one attached hydrogen (secondary N) is 1. The minimum atomic E-state index is -0.423. The molecule has 1 N–H and O–H groups in total. The highest BCUT2D eigenvalue weighted by Crippen LogP contribution is 2.25. The van der Waals surface area contributed by atoms with Crippen molar-refractivity contribution in [2.45, 2.75) is 19.9 Å². The SMILES string of the molecule is Cc1ccc(NC(=O)[C@@H]2CSCN2C(=O)c2ccsc2)c(C)c1. The maximum Gasteiger partial charge on any atom is 0.256 e. The average Bonchev–Trinajstić information content (AvgIpc) is 3.20. The summed E-state index contributed by atoms with van der Waals surface area (Å²) in [6.45, 7) is 3.99. The lowest BCUT2D eigenvalue weighted by Gasteiger charge is -2.23. The third-order valence-corrected chi connectivity index (χ3v) is 5.55. The Morgan fingerprint density at radius 1 is 1.26 bits per heavy atom. The van der Waals surface area contributed by atoms with E-state index in [-0.39, 0.29) is 11.8 Å². The summed E-state index contributed by atoms with van der Waals surface area (Å²) in [6.07, 6.45) is 0. The molecule has 3 rings (SSSR count). The molecule has 1 atom stereocenters. The molecule has 4 nitrogen and oxygen atoms in total. The number of carbonyl (C=O) groups is 2. The number of nitrogens with zero attached hydrogens (tertiary/aromatic N) is 1. The first-order chi connectivity index (χ1) is 11.1. The summed E-state index contributed by atoms with van der Waals surface area (Å²) in [5.41, 5.74) is 3.65. The topological polar surface area (TPSA) is 49.4 Å². The molecule has 0 bridgehead atoms. The Balaban J connectivity index is 1.74. The van der Waals surface area contributed by atoms with Crippen molar-refractivity contribution in [3.63, 3.8) is 0 Å². The van der Waals surface area contributed by atoms with Gasteiger partial charge in [0.1, 0.15) is 6.04 Å². The van der Waals surface area contributed by atoms with Crippen molar-refractivity contribution in [2.24, 2.45) is 0 Å². The van der Waals surface area contributed by atoms with Crippen LogP contribution in [0.4, 0.5) is 5.69 Å². The fourth-order valence-electron chi connectivity index (χ4n) is 2.58. The third kappa shape index (κ3) is 3.43. The summed E-state index contributed by atoms with van der Waals surface area (Å²) in [5, 5.41) is 6.67. The molecule has 1 fully saturated rings. The lowest BCUT2D eigenvalue weighted by atomic mass is 10.1. The van der Waals surface area contributed by atoms with Crippen molar-refractivity contribution in [1.29, 1.82) is 0 Å². The largest absolute Gasteiger partial charge is 0.324 e. The first-order valence-corrected chi connectivity index (χ1v) is 9.45. The van der Waals surface area contributed by atoms with Gasteiger partial charge < -0.3 is 10.2 Å². The highest BCUT2D eigenvalue weighted by Gasteiger charge is 2.35. The Morgan fingerprint density at radius 2 is 2.09 bits per heavy atom. The summed E-state index contributed by atoms with van der Waals surface area (Å²) in [5.74, 6) is 0.995. The van der Waals surface area contributed by atoms with Crippen LogP contribution in [0.1, 0.15) is 21.5 Å². The Labute approximate surface area is 143 Å². The molecule has 2 aromatic rings. The molecule has 1 aromatic heterocycles. The maximum absolute atomic E-state index is 12.6. The molecule has 1 aliphatic heterocycles. The Kier molecular flexibility index (Phi) is 4.73. The number of hydrogen-bond donors (Lipinski definition) is 1. The van der Waals surface area contributed by atoms with E-state index in [0.29, 0.717) is 17.2 Å². The number of thioether (sulfide) groups is 1. The van der Waals surface area contributed by atoms with Gasteiger partial charge in [0.15, 0.2) is 0 Å². The average molecular weight is 346 g/mol. The highest BCUT2D eigenvalue weighted by molar-refractivity contribution is 7.99. The molecule has 0 saturated carbocycles. The number of anilines is 1. The fourth-order valence-corrected chi connectivity index (χ4v) is 4.37. The van der Waals surface area contributed by atoms with Crippen molar-refractivity contribution in [2.75, 3.05) is 16.9 Å². The van der Waals surface area contributed by atoms with Crippen LogP contribution in [0.5, 0.6) is 0 Å². The molecule has 1 aromatic carbocycles. The Bertz CT molecular complexity index is 728. The van der Waals surface area contributed by atoms with Gasteiger partial charge in [0.25, 0.3) is 5.91 Å². The van der Waals surface area contributed by atoms with E-state index in [9.17, 15) is 9.59 Å². The predicted octanol–water partition coefficient (Wildman–Crippen LogP) is 3.52. The fraction of sp³-hybridized carbons (Fsp3) is 0.294. The van der Waals surface area contributed by atoms with E-state index in [1.807, 2.05) is 42.8 Å². The number of carbonyl (C=O) groups excluding carboxylic acids is 2. The van der Waals surface area contributed by atoms with E-state index >= 15 is 0 Å². The maximum atomic E-state index is 12.6. The van der Waals surface area contributed by atoms with E-state index in [4.69, 9.17) is 0 Å². The molecular weight excluding hydrogens is 328 g/mol. The van der Waals surface area contributed by atoms with Gasteiger partial charge in [-0.1, -0.05) is 17.7 Å². The molecule has 2 amide bonds. The number of aryl methyl sites for hydroxylation is 2. The number of thiophene rings is 1.